The third-order valence-corrected chi connectivity index (χ3v) is 2.11. The summed E-state index contributed by atoms with van der Waals surface area (Å²) in [7, 11) is 4.14. The van der Waals surface area contributed by atoms with Crippen LogP contribution in [0.1, 0.15) is 19.3 Å². The van der Waals surface area contributed by atoms with Gasteiger partial charge in [0.15, 0.2) is 0 Å². The highest BCUT2D eigenvalue weighted by molar-refractivity contribution is 5.85. The van der Waals surface area contributed by atoms with Crippen molar-refractivity contribution in [3.63, 3.8) is 0 Å². The van der Waals surface area contributed by atoms with Gasteiger partial charge in [0.1, 0.15) is 0 Å². The fourth-order valence-electron chi connectivity index (χ4n) is 1.40. The Hall–Kier alpha value is 0.210. The lowest BCUT2D eigenvalue weighted by Gasteiger charge is -2.17. The molecule has 1 N–H and O–H groups in total. The van der Waals surface area contributed by atoms with Crippen molar-refractivity contribution in [2.24, 2.45) is 0 Å². The summed E-state index contributed by atoms with van der Waals surface area (Å²) in [6, 6.07) is 0.625. The molecule has 0 spiro atoms. The maximum absolute atomic E-state index is 9.12. The molecule has 2 nitrogen and oxygen atoms in total. The summed E-state index contributed by atoms with van der Waals surface area (Å²) in [5.74, 6) is 0. The largest absolute Gasteiger partial charge is 0.393 e. The predicted octanol–water partition coefficient (Wildman–Crippen LogP) is 0.883. The third kappa shape index (κ3) is 2.45. The highest BCUT2D eigenvalue weighted by atomic mass is 35.5. The van der Waals surface area contributed by atoms with Crippen LogP contribution in [0.2, 0.25) is 0 Å². The summed E-state index contributed by atoms with van der Waals surface area (Å²) in [6.07, 6.45) is 3.08. The van der Waals surface area contributed by atoms with Gasteiger partial charge in [0, 0.05) is 6.04 Å². The quantitative estimate of drug-likeness (QED) is 0.624. The molecular formula is C7H16ClNO. The van der Waals surface area contributed by atoms with Gasteiger partial charge in [0.25, 0.3) is 0 Å². The predicted molar refractivity (Wildman–Crippen MR) is 44.6 cm³/mol. The summed E-state index contributed by atoms with van der Waals surface area (Å²) in [6.45, 7) is 0. The van der Waals surface area contributed by atoms with Gasteiger partial charge in [-0.1, -0.05) is 0 Å². The van der Waals surface area contributed by atoms with E-state index in [9.17, 15) is 0 Å². The molecule has 0 bridgehead atoms. The van der Waals surface area contributed by atoms with E-state index in [1.165, 1.54) is 0 Å². The summed E-state index contributed by atoms with van der Waals surface area (Å²) in [5, 5.41) is 9.12. The van der Waals surface area contributed by atoms with Crippen molar-refractivity contribution in [2.75, 3.05) is 14.1 Å². The van der Waals surface area contributed by atoms with Crippen LogP contribution >= 0.6 is 12.4 Å². The summed E-state index contributed by atoms with van der Waals surface area (Å²) < 4.78 is 0. The molecule has 2 atom stereocenters. The van der Waals surface area contributed by atoms with Crippen molar-refractivity contribution in [1.82, 2.24) is 4.90 Å². The van der Waals surface area contributed by atoms with Gasteiger partial charge in [-0.25, -0.2) is 0 Å². The molecule has 62 valence electrons. The molecule has 0 amide bonds. The minimum absolute atomic E-state index is 0. The standard InChI is InChI=1S/C7H15NO.ClH/c1-8(2)6-3-4-7(9)5-6;/h6-7,9H,3-5H2,1-2H3;1H. The van der Waals surface area contributed by atoms with Crippen molar-refractivity contribution >= 4 is 12.4 Å². The summed E-state index contributed by atoms with van der Waals surface area (Å²) in [5.41, 5.74) is 0. The number of hydrogen-bond donors (Lipinski definition) is 1. The maximum Gasteiger partial charge on any atom is 0.0555 e. The van der Waals surface area contributed by atoms with E-state index < -0.39 is 0 Å². The number of hydrogen-bond acceptors (Lipinski definition) is 2. The molecule has 1 aliphatic carbocycles. The second kappa shape index (κ2) is 4.16. The van der Waals surface area contributed by atoms with Crippen LogP contribution in [0.3, 0.4) is 0 Å². The molecule has 3 heteroatoms. The first-order chi connectivity index (χ1) is 4.20. The molecule has 1 aliphatic rings. The first-order valence-electron chi connectivity index (χ1n) is 3.54. The van der Waals surface area contributed by atoms with Crippen LogP contribution in [0, 0.1) is 0 Å². The lowest BCUT2D eigenvalue weighted by molar-refractivity contribution is 0.169. The molecular weight excluding hydrogens is 150 g/mol. The molecule has 0 aromatic heterocycles. The second-order valence-electron chi connectivity index (χ2n) is 3.08. The van der Waals surface area contributed by atoms with E-state index in [2.05, 4.69) is 19.0 Å². The van der Waals surface area contributed by atoms with Gasteiger partial charge < -0.3 is 10.0 Å². The first kappa shape index (κ1) is 10.2. The lowest BCUT2D eigenvalue weighted by Crippen LogP contribution is -2.25. The lowest BCUT2D eigenvalue weighted by atomic mass is 10.2. The monoisotopic (exact) mass is 165 g/mol. The summed E-state index contributed by atoms with van der Waals surface area (Å²) in [4.78, 5) is 2.19. The van der Waals surface area contributed by atoms with Crippen LogP contribution in [0.15, 0.2) is 0 Å². The van der Waals surface area contributed by atoms with Gasteiger partial charge >= 0.3 is 0 Å². The van der Waals surface area contributed by atoms with Crippen LogP contribution in [-0.2, 0) is 0 Å². The van der Waals surface area contributed by atoms with E-state index in [4.69, 9.17) is 5.11 Å². The second-order valence-corrected chi connectivity index (χ2v) is 3.08. The molecule has 0 aliphatic heterocycles. The van der Waals surface area contributed by atoms with E-state index in [1.807, 2.05) is 0 Å². The molecule has 0 aromatic rings. The van der Waals surface area contributed by atoms with Gasteiger partial charge in [0.05, 0.1) is 6.10 Å². The fourth-order valence-corrected chi connectivity index (χ4v) is 1.40. The molecule has 1 fully saturated rings. The number of aliphatic hydroxyl groups is 1. The Balaban J connectivity index is 0.000000810. The minimum atomic E-state index is -0.0302. The Kier molecular flexibility index (Phi) is 4.25. The van der Waals surface area contributed by atoms with E-state index in [0.717, 1.165) is 19.3 Å². The van der Waals surface area contributed by atoms with Gasteiger partial charge in [-0.3, -0.25) is 0 Å². The number of aliphatic hydroxyl groups excluding tert-OH is 1. The highest BCUT2D eigenvalue weighted by Gasteiger charge is 2.23. The van der Waals surface area contributed by atoms with Gasteiger partial charge in [-0.15, -0.1) is 12.4 Å². The van der Waals surface area contributed by atoms with Crippen LogP contribution in [0.25, 0.3) is 0 Å². The molecule has 0 aromatic carbocycles. The van der Waals surface area contributed by atoms with Crippen molar-refractivity contribution in [3.05, 3.63) is 0 Å². The topological polar surface area (TPSA) is 23.5 Å². The van der Waals surface area contributed by atoms with Crippen LogP contribution in [0.5, 0.6) is 0 Å². The Bertz CT molecular complexity index is 97.6. The van der Waals surface area contributed by atoms with Crippen LogP contribution < -0.4 is 0 Å². The Morgan fingerprint density at radius 3 is 2.10 bits per heavy atom. The van der Waals surface area contributed by atoms with Gasteiger partial charge in [-0.2, -0.15) is 0 Å². The van der Waals surface area contributed by atoms with E-state index >= 15 is 0 Å². The van der Waals surface area contributed by atoms with Crippen molar-refractivity contribution < 1.29 is 5.11 Å². The SMILES string of the molecule is CN(C)C1CCC(O)C1.Cl. The van der Waals surface area contributed by atoms with Crippen molar-refractivity contribution in [3.8, 4) is 0 Å². The minimum Gasteiger partial charge on any atom is -0.393 e. The molecule has 2 unspecified atom stereocenters. The van der Waals surface area contributed by atoms with Crippen LogP contribution in [0.4, 0.5) is 0 Å². The summed E-state index contributed by atoms with van der Waals surface area (Å²) >= 11 is 0. The Morgan fingerprint density at radius 1 is 1.30 bits per heavy atom. The Morgan fingerprint density at radius 2 is 1.90 bits per heavy atom. The zero-order chi connectivity index (χ0) is 6.85. The van der Waals surface area contributed by atoms with Gasteiger partial charge in [-0.05, 0) is 33.4 Å². The average molecular weight is 166 g/mol. The Labute approximate surface area is 68.6 Å². The van der Waals surface area contributed by atoms with E-state index in [1.54, 1.807) is 0 Å². The van der Waals surface area contributed by atoms with Crippen molar-refractivity contribution in [2.45, 2.75) is 31.4 Å². The molecule has 10 heavy (non-hydrogen) atoms. The van der Waals surface area contributed by atoms with E-state index in [0.29, 0.717) is 6.04 Å². The molecule has 1 rings (SSSR count). The molecule has 0 heterocycles. The first-order valence-corrected chi connectivity index (χ1v) is 3.54. The normalized spacial score (nSPS) is 32.4. The zero-order valence-electron chi connectivity index (χ0n) is 6.58. The number of nitrogens with zero attached hydrogens (tertiary/aromatic N) is 1. The third-order valence-electron chi connectivity index (χ3n) is 2.11. The van der Waals surface area contributed by atoms with Crippen LogP contribution in [-0.4, -0.2) is 36.2 Å². The number of halogens is 1. The average Bonchev–Trinajstić information content (AvgIpc) is 2.14. The fraction of sp³-hybridized carbons (Fsp3) is 1.00. The zero-order valence-corrected chi connectivity index (χ0v) is 7.40. The highest BCUT2D eigenvalue weighted by Crippen LogP contribution is 2.21. The maximum atomic E-state index is 9.12. The van der Waals surface area contributed by atoms with E-state index in [-0.39, 0.29) is 18.5 Å². The molecule has 1 saturated carbocycles. The number of rotatable bonds is 1. The van der Waals surface area contributed by atoms with Gasteiger partial charge in [0.2, 0.25) is 0 Å². The molecule has 0 radical (unpaired) electrons. The van der Waals surface area contributed by atoms with Crippen molar-refractivity contribution in [1.29, 1.82) is 0 Å². The smallest absolute Gasteiger partial charge is 0.0555 e. The molecule has 0 saturated heterocycles.